The maximum Gasteiger partial charge on any atom is 0.216 e. The molecule has 7 heteroatoms. The zero-order chi connectivity index (χ0) is 15.6. The van der Waals surface area contributed by atoms with Crippen LogP contribution in [0.2, 0.25) is 10.0 Å². The van der Waals surface area contributed by atoms with Crippen LogP contribution in [0.1, 0.15) is 22.6 Å². The van der Waals surface area contributed by atoms with Gasteiger partial charge in [-0.15, -0.1) is 0 Å². The highest BCUT2D eigenvalue weighted by Crippen LogP contribution is 2.26. The van der Waals surface area contributed by atoms with Gasteiger partial charge < -0.3 is 4.42 Å². The summed E-state index contributed by atoms with van der Waals surface area (Å²) in [5.74, 6) is 1.18. The molecule has 1 N–H and O–H groups in total. The van der Waals surface area contributed by atoms with Crippen LogP contribution < -0.4 is 4.72 Å². The average Bonchev–Trinajstić information content (AvgIpc) is 2.70. The van der Waals surface area contributed by atoms with Gasteiger partial charge in [-0.3, -0.25) is 0 Å². The quantitative estimate of drug-likeness (QED) is 0.894. The number of nitrogens with one attached hydrogen (secondary N) is 1. The summed E-state index contributed by atoms with van der Waals surface area (Å²) in [6.45, 7) is 3.78. The van der Waals surface area contributed by atoms with E-state index < -0.39 is 10.0 Å². The number of furan rings is 1. The molecule has 21 heavy (non-hydrogen) atoms. The first-order valence-corrected chi connectivity index (χ1v) is 8.65. The van der Waals surface area contributed by atoms with Crippen molar-refractivity contribution in [2.45, 2.75) is 26.1 Å². The van der Waals surface area contributed by atoms with Crippen LogP contribution in [-0.4, -0.2) is 8.42 Å². The Bertz CT molecular complexity index is 733. The van der Waals surface area contributed by atoms with Crippen molar-refractivity contribution < 1.29 is 12.8 Å². The zero-order valence-electron chi connectivity index (χ0n) is 11.6. The van der Waals surface area contributed by atoms with Crippen molar-refractivity contribution in [3.63, 3.8) is 0 Å². The topological polar surface area (TPSA) is 59.3 Å². The van der Waals surface area contributed by atoms with Crippen molar-refractivity contribution in [3.05, 3.63) is 57.0 Å². The van der Waals surface area contributed by atoms with E-state index in [1.54, 1.807) is 31.2 Å². The lowest BCUT2D eigenvalue weighted by Gasteiger charge is -2.09. The highest BCUT2D eigenvalue weighted by Gasteiger charge is 2.17. The summed E-state index contributed by atoms with van der Waals surface area (Å²) in [7, 11) is -3.55. The molecule has 114 valence electrons. The van der Waals surface area contributed by atoms with Gasteiger partial charge in [-0.1, -0.05) is 29.3 Å². The average molecular weight is 348 g/mol. The second-order valence-corrected chi connectivity index (χ2v) is 7.34. The number of halogens is 2. The largest absolute Gasteiger partial charge is 0.466 e. The maximum absolute atomic E-state index is 12.1. The molecule has 0 saturated heterocycles. The van der Waals surface area contributed by atoms with Gasteiger partial charge in [0, 0.05) is 27.7 Å². The molecule has 0 radical (unpaired) electrons. The van der Waals surface area contributed by atoms with Crippen molar-refractivity contribution in [2.24, 2.45) is 0 Å². The van der Waals surface area contributed by atoms with Gasteiger partial charge in [0.1, 0.15) is 11.5 Å². The second-order valence-electron chi connectivity index (χ2n) is 4.72. The molecule has 1 aromatic carbocycles. The van der Waals surface area contributed by atoms with E-state index >= 15 is 0 Å². The van der Waals surface area contributed by atoms with E-state index in [1.807, 2.05) is 6.92 Å². The highest BCUT2D eigenvalue weighted by atomic mass is 35.5. The molecule has 0 bridgehead atoms. The van der Waals surface area contributed by atoms with E-state index in [9.17, 15) is 8.42 Å². The number of benzene rings is 1. The first-order chi connectivity index (χ1) is 9.78. The Morgan fingerprint density at radius 1 is 1.19 bits per heavy atom. The molecule has 0 aliphatic carbocycles. The smallest absolute Gasteiger partial charge is 0.216 e. The lowest BCUT2D eigenvalue weighted by molar-refractivity contribution is 0.500. The van der Waals surface area contributed by atoms with Crippen LogP contribution in [0.5, 0.6) is 0 Å². The fourth-order valence-electron chi connectivity index (χ4n) is 1.96. The Morgan fingerprint density at radius 2 is 1.81 bits per heavy atom. The van der Waals surface area contributed by atoms with Crippen LogP contribution in [0.4, 0.5) is 0 Å². The van der Waals surface area contributed by atoms with Gasteiger partial charge in [0.05, 0.1) is 5.75 Å². The number of sulfonamides is 1. The normalized spacial score (nSPS) is 11.8. The Morgan fingerprint density at radius 3 is 2.33 bits per heavy atom. The summed E-state index contributed by atoms with van der Waals surface area (Å²) in [5, 5.41) is 0.673. The molecule has 2 aromatic rings. The van der Waals surface area contributed by atoms with Gasteiger partial charge in [0.25, 0.3) is 0 Å². The lowest BCUT2D eigenvalue weighted by atomic mass is 10.2. The van der Waals surface area contributed by atoms with Crippen molar-refractivity contribution in [3.8, 4) is 0 Å². The Labute approximate surface area is 134 Å². The molecule has 0 amide bonds. The van der Waals surface area contributed by atoms with Crippen LogP contribution in [-0.2, 0) is 22.3 Å². The van der Waals surface area contributed by atoms with E-state index in [0.29, 0.717) is 21.4 Å². The van der Waals surface area contributed by atoms with E-state index in [2.05, 4.69) is 4.72 Å². The van der Waals surface area contributed by atoms with E-state index in [4.69, 9.17) is 27.6 Å². The molecule has 0 atom stereocenters. The third kappa shape index (κ3) is 4.23. The van der Waals surface area contributed by atoms with Crippen LogP contribution in [0.25, 0.3) is 0 Å². The van der Waals surface area contributed by atoms with Crippen LogP contribution in [0, 0.1) is 13.8 Å². The molecule has 0 saturated carbocycles. The Kier molecular flexibility index (Phi) is 4.99. The number of aryl methyl sites for hydroxylation is 2. The predicted molar refractivity (Wildman–Crippen MR) is 84.1 cm³/mol. The highest BCUT2D eigenvalue weighted by molar-refractivity contribution is 7.88. The van der Waals surface area contributed by atoms with Crippen molar-refractivity contribution >= 4 is 33.2 Å². The van der Waals surface area contributed by atoms with Crippen molar-refractivity contribution in [2.75, 3.05) is 0 Å². The fourth-order valence-corrected chi connectivity index (χ4v) is 3.82. The van der Waals surface area contributed by atoms with Crippen LogP contribution >= 0.6 is 23.2 Å². The molecule has 0 spiro atoms. The van der Waals surface area contributed by atoms with Gasteiger partial charge in [-0.05, 0) is 32.0 Å². The number of hydrogen-bond acceptors (Lipinski definition) is 3. The van der Waals surface area contributed by atoms with Gasteiger partial charge in [-0.2, -0.15) is 0 Å². The molecule has 0 aliphatic rings. The number of rotatable bonds is 5. The van der Waals surface area contributed by atoms with E-state index in [1.165, 1.54) is 0 Å². The Hall–Kier alpha value is -1.01. The van der Waals surface area contributed by atoms with E-state index in [-0.39, 0.29) is 12.3 Å². The summed E-state index contributed by atoms with van der Waals surface area (Å²) in [4.78, 5) is 0. The molecule has 1 aromatic heterocycles. The minimum atomic E-state index is -3.55. The number of hydrogen-bond donors (Lipinski definition) is 1. The molecule has 0 fully saturated rings. The molecule has 0 aliphatic heterocycles. The van der Waals surface area contributed by atoms with Gasteiger partial charge in [0.2, 0.25) is 10.0 Å². The third-order valence-electron chi connectivity index (χ3n) is 3.02. The van der Waals surface area contributed by atoms with Gasteiger partial charge in [0.15, 0.2) is 0 Å². The summed E-state index contributed by atoms with van der Waals surface area (Å²) >= 11 is 12.0. The molecule has 1 heterocycles. The Balaban J connectivity index is 2.11. The minimum Gasteiger partial charge on any atom is -0.466 e. The molecule has 4 nitrogen and oxygen atoms in total. The molecule has 2 rings (SSSR count). The van der Waals surface area contributed by atoms with Crippen molar-refractivity contribution in [1.29, 1.82) is 0 Å². The van der Waals surface area contributed by atoms with Crippen molar-refractivity contribution in [1.82, 2.24) is 4.72 Å². The first kappa shape index (κ1) is 16.4. The molecular weight excluding hydrogens is 333 g/mol. The van der Waals surface area contributed by atoms with Crippen LogP contribution in [0.3, 0.4) is 0 Å². The second kappa shape index (κ2) is 6.40. The maximum atomic E-state index is 12.1. The summed E-state index contributed by atoms with van der Waals surface area (Å²) < 4.78 is 32.2. The summed E-state index contributed by atoms with van der Waals surface area (Å²) in [6, 6.07) is 6.70. The van der Waals surface area contributed by atoms with Crippen LogP contribution in [0.15, 0.2) is 28.7 Å². The monoisotopic (exact) mass is 347 g/mol. The molecular formula is C14H15Cl2NO3S. The lowest BCUT2D eigenvalue weighted by Crippen LogP contribution is -2.25. The SMILES string of the molecule is Cc1cc(CNS(=O)(=O)Cc2c(Cl)cccc2Cl)c(C)o1. The summed E-state index contributed by atoms with van der Waals surface area (Å²) in [5.41, 5.74) is 1.20. The van der Waals surface area contributed by atoms with Gasteiger partial charge in [-0.25, -0.2) is 13.1 Å². The van der Waals surface area contributed by atoms with Gasteiger partial charge >= 0.3 is 0 Å². The summed E-state index contributed by atoms with van der Waals surface area (Å²) in [6.07, 6.45) is 0. The fraction of sp³-hybridized carbons (Fsp3) is 0.286. The zero-order valence-corrected chi connectivity index (χ0v) is 13.9. The predicted octanol–water partition coefficient (Wildman–Crippen LogP) is 3.82. The standard InChI is InChI=1S/C14H15Cl2NO3S/c1-9-6-11(10(2)20-9)7-17-21(18,19)8-12-13(15)4-3-5-14(12)16/h3-6,17H,7-8H2,1-2H3. The molecule has 0 unspecified atom stereocenters. The third-order valence-corrected chi connectivity index (χ3v) is 4.98. The minimum absolute atomic E-state index is 0.174. The first-order valence-electron chi connectivity index (χ1n) is 6.24. The van der Waals surface area contributed by atoms with E-state index in [0.717, 1.165) is 11.3 Å².